The summed E-state index contributed by atoms with van der Waals surface area (Å²) in [4.78, 5) is 13.3. The molecule has 5 rings (SSSR count). The van der Waals surface area contributed by atoms with Gasteiger partial charge in [0.2, 0.25) is 10.0 Å². The van der Waals surface area contributed by atoms with Crippen LogP contribution in [0, 0.1) is 6.92 Å². The number of aromatic hydroxyl groups is 1. The van der Waals surface area contributed by atoms with E-state index in [-0.39, 0.29) is 23.3 Å². The molecule has 1 N–H and O–H groups in total. The van der Waals surface area contributed by atoms with Crippen LogP contribution in [-0.2, 0) is 16.4 Å². The molecule has 7 heteroatoms. The van der Waals surface area contributed by atoms with Gasteiger partial charge in [-0.3, -0.25) is 0 Å². The summed E-state index contributed by atoms with van der Waals surface area (Å²) in [5.74, 6) is 0.736. The quantitative estimate of drug-likeness (QED) is 0.381. The molecule has 3 aromatic rings. The van der Waals surface area contributed by atoms with E-state index in [9.17, 15) is 18.3 Å². The fraction of sp³-hybridized carbons (Fsp3) is 0.433. The summed E-state index contributed by atoms with van der Waals surface area (Å²) < 4.78 is 34.1. The number of nitrogens with zero attached hydrogens (tertiary/aromatic N) is 1. The van der Waals surface area contributed by atoms with Crippen molar-refractivity contribution < 1.29 is 17.9 Å². The molecule has 196 valence electrons. The molecule has 2 heterocycles. The summed E-state index contributed by atoms with van der Waals surface area (Å²) in [5, 5.41) is 10.9. The Labute approximate surface area is 219 Å². The Balaban J connectivity index is 1.36. The second kappa shape index (κ2) is 10.5. The van der Waals surface area contributed by atoms with Crippen LogP contribution in [0.2, 0.25) is 0 Å². The number of sulfonamides is 1. The highest BCUT2D eigenvalue weighted by Crippen LogP contribution is 2.42. The van der Waals surface area contributed by atoms with E-state index >= 15 is 0 Å². The highest BCUT2D eigenvalue weighted by molar-refractivity contribution is 7.89. The molecule has 2 atom stereocenters. The lowest BCUT2D eigenvalue weighted by Crippen LogP contribution is -2.36. The Hall–Kier alpha value is -2.90. The van der Waals surface area contributed by atoms with Gasteiger partial charge in [0.1, 0.15) is 11.5 Å². The van der Waals surface area contributed by atoms with Gasteiger partial charge in [0.05, 0.1) is 10.5 Å². The molecule has 0 spiro atoms. The minimum absolute atomic E-state index is 0.0501. The number of benzene rings is 2. The van der Waals surface area contributed by atoms with Crippen LogP contribution in [0.3, 0.4) is 0 Å². The molecule has 0 amide bonds. The average Bonchev–Trinajstić information content (AvgIpc) is 3.62. The van der Waals surface area contributed by atoms with Crippen molar-refractivity contribution in [2.24, 2.45) is 0 Å². The topological polar surface area (TPSA) is 87.8 Å². The van der Waals surface area contributed by atoms with Gasteiger partial charge in [-0.2, -0.15) is 4.31 Å². The molecule has 2 aliphatic rings. The van der Waals surface area contributed by atoms with Crippen molar-refractivity contribution in [1.82, 2.24) is 4.31 Å². The monoisotopic (exact) mass is 521 g/mol. The maximum absolute atomic E-state index is 13.4. The van der Waals surface area contributed by atoms with Crippen LogP contribution in [0.1, 0.15) is 85.3 Å². The molecule has 1 aromatic heterocycles. The normalized spacial score (nSPS) is 19.2. The maximum atomic E-state index is 13.4. The summed E-state index contributed by atoms with van der Waals surface area (Å²) in [5.41, 5.74) is 3.06. The predicted molar refractivity (Wildman–Crippen MR) is 144 cm³/mol. The first-order valence-electron chi connectivity index (χ1n) is 13.3. The smallest absolute Gasteiger partial charge is 0.343 e. The summed E-state index contributed by atoms with van der Waals surface area (Å²) >= 11 is 0. The molecule has 1 saturated heterocycles. The summed E-state index contributed by atoms with van der Waals surface area (Å²) in [6.45, 7) is 4.41. The number of rotatable bonds is 9. The second-order valence-corrected chi connectivity index (χ2v) is 12.4. The Bertz CT molecular complexity index is 1420. The number of aryl methyl sites for hydroxylation is 1. The van der Waals surface area contributed by atoms with Gasteiger partial charge in [-0.1, -0.05) is 48.9 Å². The van der Waals surface area contributed by atoms with Crippen LogP contribution in [0.4, 0.5) is 0 Å². The Morgan fingerprint density at radius 2 is 1.81 bits per heavy atom. The lowest BCUT2D eigenvalue weighted by molar-refractivity contribution is 0.315. The summed E-state index contributed by atoms with van der Waals surface area (Å²) in [6.07, 6.45) is 5.41. The van der Waals surface area contributed by atoms with E-state index in [1.165, 1.54) is 5.56 Å². The number of hydrogen-bond acceptors (Lipinski definition) is 5. The fourth-order valence-electron chi connectivity index (χ4n) is 5.59. The maximum Gasteiger partial charge on any atom is 0.343 e. The zero-order valence-electron chi connectivity index (χ0n) is 21.5. The van der Waals surface area contributed by atoms with E-state index in [0.717, 1.165) is 36.8 Å². The van der Waals surface area contributed by atoms with E-state index in [1.807, 2.05) is 44.2 Å². The van der Waals surface area contributed by atoms with E-state index in [1.54, 1.807) is 22.5 Å². The second-order valence-electron chi connectivity index (χ2n) is 10.5. The van der Waals surface area contributed by atoms with E-state index < -0.39 is 15.6 Å². The molecule has 2 fully saturated rings. The van der Waals surface area contributed by atoms with Crippen LogP contribution >= 0.6 is 0 Å². The largest absolute Gasteiger partial charge is 0.507 e. The third kappa shape index (κ3) is 5.39. The van der Waals surface area contributed by atoms with Gasteiger partial charge in [0.15, 0.2) is 0 Å². The van der Waals surface area contributed by atoms with Gasteiger partial charge in [-0.15, -0.1) is 0 Å². The van der Waals surface area contributed by atoms with E-state index in [2.05, 4.69) is 6.07 Å². The standard InChI is InChI=1S/C30H35NO5S/c1-3-21(17-24-8-6-16-31(24)37(34,35)25-14-10-20(2)11-15-25)29-19-28(32)27(30(33)36-29)18-23-7-4-5-9-26(23)22-12-13-22/h4-5,7,9-11,14-15,19,21-22,24,32H,3,6,8,12-13,16-18H2,1-2H3. The van der Waals surface area contributed by atoms with Gasteiger partial charge in [0, 0.05) is 31.0 Å². The van der Waals surface area contributed by atoms with Crippen molar-refractivity contribution in [2.45, 2.75) is 81.6 Å². The highest BCUT2D eigenvalue weighted by Gasteiger charge is 2.37. The Morgan fingerprint density at radius 3 is 2.49 bits per heavy atom. The molecule has 0 radical (unpaired) electrons. The minimum atomic E-state index is -3.61. The molecule has 1 saturated carbocycles. The lowest BCUT2D eigenvalue weighted by Gasteiger charge is -2.27. The third-order valence-electron chi connectivity index (χ3n) is 7.89. The molecule has 1 aliphatic carbocycles. The summed E-state index contributed by atoms with van der Waals surface area (Å²) in [7, 11) is -3.61. The van der Waals surface area contributed by atoms with Crippen molar-refractivity contribution in [1.29, 1.82) is 0 Å². The molecule has 1 aliphatic heterocycles. The van der Waals surface area contributed by atoms with E-state index in [0.29, 0.717) is 42.4 Å². The highest BCUT2D eigenvalue weighted by atomic mass is 32.2. The first-order chi connectivity index (χ1) is 17.8. The molecule has 2 unspecified atom stereocenters. The van der Waals surface area contributed by atoms with Crippen LogP contribution in [0.25, 0.3) is 0 Å². The van der Waals surface area contributed by atoms with Crippen molar-refractivity contribution in [2.75, 3.05) is 6.54 Å². The van der Waals surface area contributed by atoms with Gasteiger partial charge in [0.25, 0.3) is 0 Å². The van der Waals surface area contributed by atoms with Crippen LogP contribution in [0.15, 0.2) is 68.7 Å². The van der Waals surface area contributed by atoms with E-state index in [4.69, 9.17) is 4.42 Å². The third-order valence-corrected chi connectivity index (χ3v) is 9.85. The molecule has 0 bridgehead atoms. The zero-order chi connectivity index (χ0) is 26.2. The zero-order valence-corrected chi connectivity index (χ0v) is 22.3. The minimum Gasteiger partial charge on any atom is -0.507 e. The van der Waals surface area contributed by atoms with Crippen molar-refractivity contribution in [3.8, 4) is 5.75 Å². The van der Waals surface area contributed by atoms with Crippen LogP contribution in [0.5, 0.6) is 5.75 Å². The molecule has 2 aromatic carbocycles. The van der Waals surface area contributed by atoms with Gasteiger partial charge in [-0.25, -0.2) is 13.2 Å². The average molecular weight is 522 g/mol. The van der Waals surface area contributed by atoms with Gasteiger partial charge < -0.3 is 9.52 Å². The van der Waals surface area contributed by atoms with Crippen LogP contribution in [-0.4, -0.2) is 30.4 Å². The predicted octanol–water partition coefficient (Wildman–Crippen LogP) is 5.86. The SMILES string of the molecule is CCC(CC1CCCN1S(=O)(=O)c1ccc(C)cc1)c1cc(O)c(Cc2ccccc2C2CC2)c(=O)o1. The first kappa shape index (κ1) is 25.7. The van der Waals surface area contributed by atoms with Crippen molar-refractivity contribution in [3.63, 3.8) is 0 Å². The fourth-order valence-corrected chi connectivity index (χ4v) is 7.29. The van der Waals surface area contributed by atoms with Crippen LogP contribution < -0.4 is 5.63 Å². The van der Waals surface area contributed by atoms with Crippen molar-refractivity contribution >= 4 is 10.0 Å². The van der Waals surface area contributed by atoms with Gasteiger partial charge >= 0.3 is 5.63 Å². The lowest BCUT2D eigenvalue weighted by atomic mass is 9.92. The Kier molecular flexibility index (Phi) is 7.28. The molecular formula is C30H35NO5S. The molecule has 37 heavy (non-hydrogen) atoms. The number of hydrogen-bond donors (Lipinski definition) is 1. The molecule has 6 nitrogen and oxygen atoms in total. The molecular weight excluding hydrogens is 486 g/mol. The summed E-state index contributed by atoms with van der Waals surface area (Å²) in [6, 6.07) is 16.4. The van der Waals surface area contributed by atoms with Gasteiger partial charge in [-0.05, 0) is 74.6 Å². The Morgan fingerprint density at radius 1 is 1.08 bits per heavy atom. The van der Waals surface area contributed by atoms with Crippen molar-refractivity contribution in [3.05, 3.63) is 93.0 Å². The first-order valence-corrected chi connectivity index (χ1v) is 14.7.